The quantitative estimate of drug-likeness (QED) is 0.0789. The minimum atomic E-state index is -0.846. The number of ether oxygens (including phenoxy) is 3. The van der Waals surface area contributed by atoms with Crippen molar-refractivity contribution in [1.82, 2.24) is 0 Å². The Balaban J connectivity index is 0.00000900. The van der Waals surface area contributed by atoms with Crippen molar-refractivity contribution in [3.8, 4) is 0 Å². The molecule has 6 nitrogen and oxygen atoms in total. The van der Waals surface area contributed by atoms with Gasteiger partial charge in [-0.05, 0) is 32.1 Å². The van der Waals surface area contributed by atoms with Crippen LogP contribution in [0.15, 0.2) is 23.5 Å². The number of methoxy groups -OCH3 is 1. The molecule has 172 valence electrons. The molecule has 0 aromatic heterocycles. The normalized spacial score (nSPS) is 13.3. The molecule has 0 radical (unpaired) electrons. The van der Waals surface area contributed by atoms with E-state index in [1.807, 2.05) is 0 Å². The van der Waals surface area contributed by atoms with Crippen LogP contribution in [0.4, 0.5) is 0 Å². The monoisotopic (exact) mass is 446 g/mol. The van der Waals surface area contributed by atoms with E-state index in [1.165, 1.54) is 51.4 Å². The molecular weight excluding hydrogens is 407 g/mol. The van der Waals surface area contributed by atoms with Gasteiger partial charge in [0.2, 0.25) is 0 Å². The Morgan fingerprint density at radius 2 is 1.45 bits per heavy atom. The second-order valence-corrected chi connectivity index (χ2v) is 7.67. The third-order valence-corrected chi connectivity index (χ3v) is 5.09. The van der Waals surface area contributed by atoms with Gasteiger partial charge in [0, 0.05) is 6.42 Å². The molecule has 0 unspecified atom stereocenters. The van der Waals surface area contributed by atoms with Gasteiger partial charge in [-0.2, -0.15) is 0 Å². The van der Waals surface area contributed by atoms with Gasteiger partial charge in [-0.25, -0.2) is 9.59 Å². The number of carbonyl (C=O) groups excluding carboxylic acids is 3. The van der Waals surface area contributed by atoms with Crippen LogP contribution in [0, 0.1) is 0 Å². The Kier molecular flexibility index (Phi) is 18.9. The number of rotatable bonds is 17. The number of hydrogen-bond acceptors (Lipinski definition) is 6. The first-order chi connectivity index (χ1) is 14.6. The number of esters is 3. The zero-order chi connectivity index (χ0) is 22.0. The Hall–Kier alpha value is -1.11. The molecule has 0 spiro atoms. The molecule has 0 saturated carbocycles. The number of carbonyl (C=O) groups is 3. The molecule has 1 heterocycles. The van der Waals surface area contributed by atoms with Crippen LogP contribution in [-0.2, 0) is 28.6 Å². The SMILES string of the molecule is CCCCCCCC/C=C\CCCCCCCC(=O)OC1=C(C(=O)OC)C(=O)OC1.[NaH]. The fourth-order valence-electron chi connectivity index (χ4n) is 3.30. The van der Waals surface area contributed by atoms with Gasteiger partial charge in [-0.15, -0.1) is 0 Å². The van der Waals surface area contributed by atoms with Crippen LogP contribution in [0.2, 0.25) is 0 Å². The number of cyclic esters (lactones) is 1. The van der Waals surface area contributed by atoms with Crippen LogP contribution in [0.1, 0.15) is 96.8 Å². The van der Waals surface area contributed by atoms with Crippen molar-refractivity contribution >= 4 is 47.5 Å². The number of allylic oxidation sites excluding steroid dienone is 2. The van der Waals surface area contributed by atoms with Crippen molar-refractivity contribution in [2.45, 2.75) is 96.8 Å². The third-order valence-electron chi connectivity index (χ3n) is 5.09. The first-order valence-electron chi connectivity index (χ1n) is 11.4. The van der Waals surface area contributed by atoms with E-state index in [-0.39, 0.29) is 53.9 Å². The molecular formula is C24H39NaO6. The van der Waals surface area contributed by atoms with Gasteiger partial charge in [0.1, 0.15) is 0 Å². The molecule has 0 amide bonds. The zero-order valence-electron chi connectivity index (χ0n) is 18.7. The second-order valence-electron chi connectivity index (χ2n) is 7.67. The van der Waals surface area contributed by atoms with Crippen molar-refractivity contribution in [3.05, 3.63) is 23.5 Å². The van der Waals surface area contributed by atoms with Crippen molar-refractivity contribution in [1.29, 1.82) is 0 Å². The molecule has 0 aromatic rings. The molecule has 0 N–H and O–H groups in total. The molecule has 0 aliphatic carbocycles. The topological polar surface area (TPSA) is 78.9 Å². The second kappa shape index (κ2) is 19.6. The van der Waals surface area contributed by atoms with E-state index in [9.17, 15) is 14.4 Å². The molecule has 0 aromatic carbocycles. The summed E-state index contributed by atoms with van der Waals surface area (Å²) in [5.74, 6) is -2.17. The maximum absolute atomic E-state index is 11.9. The predicted molar refractivity (Wildman–Crippen MR) is 123 cm³/mol. The summed E-state index contributed by atoms with van der Waals surface area (Å²) >= 11 is 0. The fraction of sp³-hybridized carbons (Fsp3) is 0.708. The molecule has 1 rings (SSSR count). The van der Waals surface area contributed by atoms with E-state index >= 15 is 0 Å². The van der Waals surface area contributed by atoms with Crippen molar-refractivity contribution in [2.24, 2.45) is 0 Å². The minimum absolute atomic E-state index is 0. The van der Waals surface area contributed by atoms with Gasteiger partial charge in [0.15, 0.2) is 17.9 Å². The van der Waals surface area contributed by atoms with Crippen molar-refractivity contribution in [2.75, 3.05) is 13.7 Å². The zero-order valence-corrected chi connectivity index (χ0v) is 18.7. The summed E-state index contributed by atoms with van der Waals surface area (Å²) in [6.45, 7) is 2.04. The molecule has 0 atom stereocenters. The van der Waals surface area contributed by atoms with Crippen LogP contribution in [0.25, 0.3) is 0 Å². The summed E-state index contributed by atoms with van der Waals surface area (Å²) in [6, 6.07) is 0. The predicted octanol–water partition coefficient (Wildman–Crippen LogP) is 4.90. The molecule has 1 aliphatic heterocycles. The summed E-state index contributed by atoms with van der Waals surface area (Å²) in [5, 5.41) is 0. The van der Waals surface area contributed by atoms with Crippen LogP contribution >= 0.6 is 0 Å². The van der Waals surface area contributed by atoms with Gasteiger partial charge < -0.3 is 14.2 Å². The fourth-order valence-corrected chi connectivity index (χ4v) is 3.30. The first-order valence-corrected chi connectivity index (χ1v) is 11.4. The summed E-state index contributed by atoms with van der Waals surface area (Å²) < 4.78 is 14.4. The van der Waals surface area contributed by atoms with E-state index in [2.05, 4.69) is 23.8 Å². The van der Waals surface area contributed by atoms with E-state index < -0.39 is 17.9 Å². The van der Waals surface area contributed by atoms with Gasteiger partial charge in [0.25, 0.3) is 0 Å². The molecule has 0 saturated heterocycles. The Bertz CT molecular complexity index is 597. The van der Waals surface area contributed by atoms with Gasteiger partial charge >= 0.3 is 47.5 Å². The van der Waals surface area contributed by atoms with E-state index in [4.69, 9.17) is 9.47 Å². The average Bonchev–Trinajstić information content (AvgIpc) is 3.10. The molecule has 1 aliphatic rings. The summed E-state index contributed by atoms with van der Waals surface area (Å²) in [6.07, 6.45) is 20.3. The maximum atomic E-state index is 11.9. The van der Waals surface area contributed by atoms with Gasteiger partial charge in [-0.3, -0.25) is 4.79 Å². The van der Waals surface area contributed by atoms with E-state index in [0.717, 1.165) is 39.2 Å². The van der Waals surface area contributed by atoms with E-state index in [1.54, 1.807) is 0 Å². The molecule has 0 fully saturated rings. The standard InChI is InChI=1S/C24H38O6.Na.H/c1-3-4-5-6-7-8-9-10-11-12-13-14-15-16-17-18-21(25)30-20-19-29-24(27)22(20)23(26)28-2;;/h10-11H,3-9,12-19H2,1-2H3;;/b11-10-;;. The Morgan fingerprint density at radius 1 is 0.903 bits per heavy atom. The Morgan fingerprint density at radius 3 is 2.03 bits per heavy atom. The average molecular weight is 447 g/mol. The first kappa shape index (κ1) is 29.9. The van der Waals surface area contributed by atoms with Crippen LogP contribution in [-0.4, -0.2) is 61.2 Å². The van der Waals surface area contributed by atoms with Crippen molar-refractivity contribution < 1.29 is 28.6 Å². The summed E-state index contributed by atoms with van der Waals surface area (Å²) in [4.78, 5) is 35.0. The number of hydrogen-bond donors (Lipinski definition) is 0. The number of unbranched alkanes of at least 4 members (excludes halogenated alkanes) is 11. The third kappa shape index (κ3) is 13.8. The van der Waals surface area contributed by atoms with Crippen LogP contribution in [0.3, 0.4) is 0 Å². The summed E-state index contributed by atoms with van der Waals surface area (Å²) in [5.41, 5.74) is -0.324. The molecule has 7 heteroatoms. The van der Waals surface area contributed by atoms with Crippen LogP contribution < -0.4 is 0 Å². The molecule has 0 bridgehead atoms. The Labute approximate surface area is 209 Å². The van der Waals surface area contributed by atoms with Gasteiger partial charge in [0.05, 0.1) is 7.11 Å². The summed E-state index contributed by atoms with van der Waals surface area (Å²) in [7, 11) is 1.16. The van der Waals surface area contributed by atoms with Crippen molar-refractivity contribution in [3.63, 3.8) is 0 Å². The van der Waals surface area contributed by atoms with Crippen LogP contribution in [0.5, 0.6) is 0 Å². The van der Waals surface area contributed by atoms with Gasteiger partial charge in [-0.1, -0.05) is 70.4 Å². The van der Waals surface area contributed by atoms with E-state index in [0.29, 0.717) is 0 Å². The molecule has 31 heavy (non-hydrogen) atoms.